The molecule has 1 aliphatic carbocycles. The fourth-order valence-electron chi connectivity index (χ4n) is 3.23. The van der Waals surface area contributed by atoms with Crippen LogP contribution in [0.5, 0.6) is 0 Å². The Labute approximate surface area is 119 Å². The lowest BCUT2D eigenvalue weighted by molar-refractivity contribution is 0.159. The molecule has 2 aliphatic rings. The number of nitrogens with one attached hydrogen (secondary N) is 1. The van der Waals surface area contributed by atoms with Crippen molar-refractivity contribution in [2.45, 2.75) is 57.0 Å². The first-order chi connectivity index (χ1) is 9.83. The van der Waals surface area contributed by atoms with E-state index in [9.17, 15) is 4.79 Å². The van der Waals surface area contributed by atoms with Gasteiger partial charge < -0.3 is 10.2 Å². The van der Waals surface area contributed by atoms with Gasteiger partial charge in [-0.1, -0.05) is 19.3 Å². The molecular weight excluding hydrogens is 254 g/mol. The molecule has 0 spiro atoms. The summed E-state index contributed by atoms with van der Waals surface area (Å²) in [5.74, 6) is 0. The first kappa shape index (κ1) is 13.4. The summed E-state index contributed by atoms with van der Waals surface area (Å²) in [6.45, 7) is 1.59. The van der Waals surface area contributed by atoms with E-state index in [-0.39, 0.29) is 6.03 Å². The van der Waals surface area contributed by atoms with Crippen LogP contribution < -0.4 is 5.32 Å². The van der Waals surface area contributed by atoms with Crippen molar-refractivity contribution < 1.29 is 4.79 Å². The van der Waals surface area contributed by atoms with E-state index in [0.717, 1.165) is 38.8 Å². The Hall–Kier alpha value is -1.59. The molecule has 0 atom stereocenters. The number of likely N-dealkylation sites (tertiary alicyclic amines) is 1. The molecule has 3 rings (SSSR count). The predicted octanol–water partition coefficient (Wildman–Crippen LogP) is 1.96. The summed E-state index contributed by atoms with van der Waals surface area (Å²) >= 11 is 0. The van der Waals surface area contributed by atoms with Gasteiger partial charge in [-0.05, 0) is 25.7 Å². The number of hydrogen-bond acceptors (Lipinski definition) is 3. The second-order valence-corrected chi connectivity index (χ2v) is 5.85. The zero-order valence-electron chi connectivity index (χ0n) is 11.9. The van der Waals surface area contributed by atoms with Crippen LogP contribution in [-0.2, 0) is 0 Å². The van der Waals surface area contributed by atoms with Gasteiger partial charge in [0.15, 0.2) is 0 Å². The van der Waals surface area contributed by atoms with E-state index < -0.39 is 0 Å². The van der Waals surface area contributed by atoms with Crippen LogP contribution in [0.3, 0.4) is 0 Å². The normalized spacial score (nSPS) is 21.9. The highest BCUT2D eigenvalue weighted by atomic mass is 16.2. The van der Waals surface area contributed by atoms with Crippen LogP contribution in [0.25, 0.3) is 0 Å². The number of urea groups is 1. The van der Waals surface area contributed by atoms with Crippen molar-refractivity contribution >= 4 is 6.03 Å². The lowest BCUT2D eigenvalue weighted by atomic mass is 9.95. The Kier molecular flexibility index (Phi) is 4.18. The number of carbonyl (C=O) groups excluding carboxylic acids is 1. The third-order valence-electron chi connectivity index (χ3n) is 4.45. The highest BCUT2D eigenvalue weighted by Gasteiger charge is 2.26. The maximum Gasteiger partial charge on any atom is 0.317 e. The van der Waals surface area contributed by atoms with E-state index in [1.807, 2.05) is 4.90 Å². The maximum atomic E-state index is 12.2. The minimum Gasteiger partial charge on any atom is -0.335 e. The minimum atomic E-state index is 0.115. The number of carbonyl (C=O) groups is 1. The maximum absolute atomic E-state index is 12.2. The SMILES string of the molecule is O=C(NC1CCCCC1)N1CCC(n2nccn2)CC1. The third kappa shape index (κ3) is 3.11. The number of aromatic nitrogens is 3. The molecule has 1 aromatic rings. The van der Waals surface area contributed by atoms with Crippen LogP contribution in [-0.4, -0.2) is 45.1 Å². The summed E-state index contributed by atoms with van der Waals surface area (Å²) < 4.78 is 0. The standard InChI is InChI=1S/C14H23N5O/c20-14(17-12-4-2-1-3-5-12)18-10-6-13(7-11-18)19-15-8-9-16-19/h8-9,12-13H,1-7,10-11H2,(H,17,20). The van der Waals surface area contributed by atoms with E-state index in [4.69, 9.17) is 0 Å². The molecule has 1 N–H and O–H groups in total. The lowest BCUT2D eigenvalue weighted by Gasteiger charge is -2.33. The largest absolute Gasteiger partial charge is 0.335 e. The molecule has 2 heterocycles. The van der Waals surface area contributed by atoms with E-state index in [1.54, 1.807) is 17.2 Å². The summed E-state index contributed by atoms with van der Waals surface area (Å²) in [4.78, 5) is 15.9. The average Bonchev–Trinajstić information content (AvgIpc) is 3.03. The summed E-state index contributed by atoms with van der Waals surface area (Å²) in [5, 5.41) is 11.6. The molecule has 0 aromatic carbocycles. The first-order valence-electron chi connectivity index (χ1n) is 7.74. The summed E-state index contributed by atoms with van der Waals surface area (Å²) in [5.41, 5.74) is 0. The van der Waals surface area contributed by atoms with Crippen molar-refractivity contribution in [2.24, 2.45) is 0 Å². The molecule has 6 nitrogen and oxygen atoms in total. The highest BCUT2D eigenvalue weighted by molar-refractivity contribution is 5.74. The molecule has 0 unspecified atom stereocenters. The molecule has 0 bridgehead atoms. The predicted molar refractivity (Wildman–Crippen MR) is 75.3 cm³/mol. The monoisotopic (exact) mass is 277 g/mol. The molecular formula is C14H23N5O. The van der Waals surface area contributed by atoms with Crippen LogP contribution in [0.15, 0.2) is 12.4 Å². The van der Waals surface area contributed by atoms with Crippen molar-refractivity contribution in [3.63, 3.8) is 0 Å². The topological polar surface area (TPSA) is 63.1 Å². The van der Waals surface area contributed by atoms with Crippen molar-refractivity contribution in [3.05, 3.63) is 12.4 Å². The molecule has 0 radical (unpaired) electrons. The Morgan fingerprint density at radius 2 is 1.65 bits per heavy atom. The van der Waals surface area contributed by atoms with E-state index in [0.29, 0.717) is 12.1 Å². The van der Waals surface area contributed by atoms with Crippen LogP contribution in [0.2, 0.25) is 0 Å². The number of nitrogens with zero attached hydrogens (tertiary/aromatic N) is 4. The minimum absolute atomic E-state index is 0.115. The zero-order valence-corrected chi connectivity index (χ0v) is 11.9. The smallest absolute Gasteiger partial charge is 0.317 e. The van der Waals surface area contributed by atoms with E-state index >= 15 is 0 Å². The molecule has 6 heteroatoms. The molecule has 2 amide bonds. The Morgan fingerprint density at radius 3 is 2.30 bits per heavy atom. The average molecular weight is 277 g/mol. The summed E-state index contributed by atoms with van der Waals surface area (Å²) in [6.07, 6.45) is 11.4. The summed E-state index contributed by atoms with van der Waals surface area (Å²) in [6, 6.07) is 0.842. The number of amides is 2. The fourth-order valence-corrected chi connectivity index (χ4v) is 3.23. The van der Waals surface area contributed by atoms with E-state index in [2.05, 4.69) is 15.5 Å². The number of hydrogen-bond donors (Lipinski definition) is 1. The molecule has 1 saturated heterocycles. The molecule has 110 valence electrons. The number of rotatable bonds is 2. The van der Waals surface area contributed by atoms with Gasteiger partial charge >= 0.3 is 6.03 Å². The van der Waals surface area contributed by atoms with Gasteiger partial charge in [-0.3, -0.25) is 0 Å². The van der Waals surface area contributed by atoms with Crippen molar-refractivity contribution in [1.82, 2.24) is 25.2 Å². The fraction of sp³-hybridized carbons (Fsp3) is 0.786. The molecule has 1 saturated carbocycles. The highest BCUT2D eigenvalue weighted by Crippen LogP contribution is 2.21. The van der Waals surface area contributed by atoms with Gasteiger partial charge in [-0.15, -0.1) is 0 Å². The van der Waals surface area contributed by atoms with Crippen LogP contribution in [0.1, 0.15) is 51.0 Å². The quantitative estimate of drug-likeness (QED) is 0.898. The summed E-state index contributed by atoms with van der Waals surface area (Å²) in [7, 11) is 0. The van der Waals surface area contributed by atoms with Crippen molar-refractivity contribution in [1.29, 1.82) is 0 Å². The van der Waals surface area contributed by atoms with Gasteiger partial charge in [0.1, 0.15) is 0 Å². The molecule has 1 aliphatic heterocycles. The van der Waals surface area contributed by atoms with Gasteiger partial charge in [-0.25, -0.2) is 4.79 Å². The van der Waals surface area contributed by atoms with Gasteiger partial charge in [0.25, 0.3) is 0 Å². The third-order valence-corrected chi connectivity index (χ3v) is 4.45. The Bertz CT molecular complexity index is 419. The molecule has 1 aromatic heterocycles. The first-order valence-corrected chi connectivity index (χ1v) is 7.74. The van der Waals surface area contributed by atoms with Gasteiger partial charge in [0, 0.05) is 19.1 Å². The van der Waals surface area contributed by atoms with Gasteiger partial charge in [-0.2, -0.15) is 15.0 Å². The van der Waals surface area contributed by atoms with Crippen molar-refractivity contribution in [3.8, 4) is 0 Å². The number of piperidine rings is 1. The second-order valence-electron chi connectivity index (χ2n) is 5.85. The Morgan fingerprint density at radius 1 is 1.00 bits per heavy atom. The second kappa shape index (κ2) is 6.24. The van der Waals surface area contributed by atoms with Crippen molar-refractivity contribution in [2.75, 3.05) is 13.1 Å². The van der Waals surface area contributed by atoms with Gasteiger partial charge in [0.2, 0.25) is 0 Å². The van der Waals surface area contributed by atoms with E-state index in [1.165, 1.54) is 19.3 Å². The molecule has 20 heavy (non-hydrogen) atoms. The molecule has 2 fully saturated rings. The van der Waals surface area contributed by atoms with Crippen LogP contribution in [0, 0.1) is 0 Å². The zero-order chi connectivity index (χ0) is 13.8. The van der Waals surface area contributed by atoms with Crippen LogP contribution >= 0.6 is 0 Å². The lowest BCUT2D eigenvalue weighted by Crippen LogP contribution is -2.48. The van der Waals surface area contributed by atoms with Crippen LogP contribution in [0.4, 0.5) is 4.79 Å². The van der Waals surface area contributed by atoms with Gasteiger partial charge in [0.05, 0.1) is 18.4 Å². The Balaban J connectivity index is 1.46.